The van der Waals surface area contributed by atoms with Gasteiger partial charge in [-0.1, -0.05) is 56.8 Å². The van der Waals surface area contributed by atoms with Crippen LogP contribution in [0.1, 0.15) is 49.1 Å². The first-order chi connectivity index (χ1) is 14.2. The zero-order valence-electron chi connectivity index (χ0n) is 17.0. The summed E-state index contributed by atoms with van der Waals surface area (Å²) in [6.45, 7) is 6.15. The molecule has 0 atom stereocenters. The maximum atomic E-state index is 12.7. The van der Waals surface area contributed by atoms with E-state index in [0.29, 0.717) is 22.5 Å². The SMILES string of the molecule is CCc1cccc(Oc2cc(C(C)C)nc(SCc3ccc(C(F)(F)F)cc3)n2)c1. The van der Waals surface area contributed by atoms with E-state index in [1.807, 2.05) is 44.2 Å². The highest BCUT2D eigenvalue weighted by molar-refractivity contribution is 7.98. The number of aromatic nitrogens is 2. The van der Waals surface area contributed by atoms with E-state index in [-0.39, 0.29) is 5.92 Å². The summed E-state index contributed by atoms with van der Waals surface area (Å²) in [6, 6.07) is 14.8. The molecule has 0 amide bonds. The van der Waals surface area contributed by atoms with E-state index >= 15 is 0 Å². The minimum absolute atomic E-state index is 0.183. The predicted octanol–water partition coefficient (Wildman–Crippen LogP) is 7.27. The number of rotatable bonds is 7. The molecule has 30 heavy (non-hydrogen) atoms. The smallest absolute Gasteiger partial charge is 0.416 e. The number of nitrogens with zero attached hydrogens (tertiary/aromatic N) is 2. The van der Waals surface area contributed by atoms with Crippen LogP contribution in [0.4, 0.5) is 13.2 Å². The zero-order chi connectivity index (χ0) is 21.7. The van der Waals surface area contributed by atoms with Gasteiger partial charge in [-0.25, -0.2) is 4.98 Å². The summed E-state index contributed by atoms with van der Waals surface area (Å²) in [5, 5.41) is 0.530. The van der Waals surface area contributed by atoms with E-state index in [4.69, 9.17) is 4.74 Å². The fraction of sp³-hybridized carbons (Fsp3) is 0.304. The van der Waals surface area contributed by atoms with E-state index in [1.165, 1.54) is 29.5 Å². The summed E-state index contributed by atoms with van der Waals surface area (Å²) in [5.74, 6) is 1.81. The lowest BCUT2D eigenvalue weighted by molar-refractivity contribution is -0.137. The second kappa shape index (κ2) is 9.51. The van der Waals surface area contributed by atoms with Crippen LogP contribution in [-0.2, 0) is 18.3 Å². The van der Waals surface area contributed by atoms with Gasteiger partial charge in [0.15, 0.2) is 5.16 Å². The lowest BCUT2D eigenvalue weighted by Gasteiger charge is -2.12. The Morgan fingerprint density at radius 1 is 0.967 bits per heavy atom. The molecule has 3 rings (SSSR count). The molecule has 3 aromatic rings. The van der Waals surface area contributed by atoms with Crippen LogP contribution < -0.4 is 4.74 Å². The Labute approximate surface area is 178 Å². The van der Waals surface area contributed by atoms with Gasteiger partial charge in [-0.2, -0.15) is 18.2 Å². The molecule has 158 valence electrons. The average Bonchev–Trinajstić information content (AvgIpc) is 2.72. The number of benzene rings is 2. The molecule has 0 unspecified atom stereocenters. The van der Waals surface area contributed by atoms with Gasteiger partial charge in [0.2, 0.25) is 5.88 Å². The number of thioether (sulfide) groups is 1. The summed E-state index contributed by atoms with van der Waals surface area (Å²) in [7, 11) is 0. The molecular formula is C23H23F3N2OS. The van der Waals surface area contributed by atoms with Crippen LogP contribution in [0.5, 0.6) is 11.6 Å². The molecule has 0 saturated heterocycles. The van der Waals surface area contributed by atoms with Crippen molar-refractivity contribution in [1.82, 2.24) is 9.97 Å². The van der Waals surface area contributed by atoms with E-state index in [9.17, 15) is 13.2 Å². The van der Waals surface area contributed by atoms with Gasteiger partial charge in [-0.05, 0) is 47.7 Å². The monoisotopic (exact) mass is 432 g/mol. The van der Waals surface area contributed by atoms with Crippen LogP contribution in [-0.4, -0.2) is 9.97 Å². The molecule has 0 aliphatic heterocycles. The number of alkyl halides is 3. The van der Waals surface area contributed by atoms with Crippen molar-refractivity contribution < 1.29 is 17.9 Å². The minimum atomic E-state index is -4.33. The third-order valence-electron chi connectivity index (χ3n) is 4.47. The normalized spacial score (nSPS) is 11.7. The van der Waals surface area contributed by atoms with Crippen molar-refractivity contribution in [2.24, 2.45) is 0 Å². The molecular weight excluding hydrogens is 409 g/mol. The maximum Gasteiger partial charge on any atom is 0.416 e. The van der Waals surface area contributed by atoms with E-state index in [2.05, 4.69) is 16.9 Å². The Kier molecular flexibility index (Phi) is 7.02. The van der Waals surface area contributed by atoms with Gasteiger partial charge < -0.3 is 4.74 Å². The summed E-state index contributed by atoms with van der Waals surface area (Å²) >= 11 is 1.37. The van der Waals surface area contributed by atoms with Crippen LogP contribution in [0.3, 0.4) is 0 Å². The van der Waals surface area contributed by atoms with Gasteiger partial charge in [-0.15, -0.1) is 0 Å². The molecule has 0 spiro atoms. The molecule has 0 aliphatic carbocycles. The largest absolute Gasteiger partial charge is 0.439 e. The highest BCUT2D eigenvalue weighted by Gasteiger charge is 2.29. The Morgan fingerprint density at radius 3 is 2.33 bits per heavy atom. The number of halogens is 3. The number of ether oxygens (including phenoxy) is 1. The van der Waals surface area contributed by atoms with Crippen LogP contribution in [0.2, 0.25) is 0 Å². The summed E-state index contributed by atoms with van der Waals surface area (Å²) in [5.41, 5.74) is 2.13. The quantitative estimate of drug-likeness (QED) is 0.291. The molecule has 0 aliphatic rings. The lowest BCUT2D eigenvalue weighted by atomic mass is 10.1. The average molecular weight is 433 g/mol. The second-order valence-corrected chi connectivity index (χ2v) is 8.10. The molecule has 7 heteroatoms. The van der Waals surface area contributed by atoms with Crippen molar-refractivity contribution in [1.29, 1.82) is 0 Å². The molecule has 1 aromatic heterocycles. The van der Waals surface area contributed by atoms with Crippen molar-refractivity contribution in [3.05, 3.63) is 77.0 Å². The highest BCUT2D eigenvalue weighted by Crippen LogP contribution is 2.31. The number of hydrogen-bond acceptors (Lipinski definition) is 4. The van der Waals surface area contributed by atoms with Crippen molar-refractivity contribution in [2.45, 2.75) is 50.2 Å². The van der Waals surface area contributed by atoms with E-state index < -0.39 is 11.7 Å². The molecule has 2 aromatic carbocycles. The standard InChI is InChI=1S/C23H23F3N2OS/c1-4-16-6-5-7-19(12-16)29-21-13-20(15(2)3)27-22(28-21)30-14-17-8-10-18(11-9-17)23(24,25)26/h5-13,15H,4,14H2,1-3H3. The van der Waals surface area contributed by atoms with Crippen LogP contribution in [0.15, 0.2) is 59.8 Å². The first kappa shape index (κ1) is 22.2. The molecule has 0 saturated carbocycles. The van der Waals surface area contributed by atoms with Gasteiger partial charge in [-0.3, -0.25) is 0 Å². The van der Waals surface area contributed by atoms with Crippen LogP contribution in [0.25, 0.3) is 0 Å². The zero-order valence-corrected chi connectivity index (χ0v) is 17.8. The topological polar surface area (TPSA) is 35.0 Å². The molecule has 0 bridgehead atoms. The van der Waals surface area contributed by atoms with Gasteiger partial charge in [0, 0.05) is 11.8 Å². The third kappa shape index (κ3) is 5.98. The molecule has 1 heterocycles. The van der Waals surface area contributed by atoms with Crippen molar-refractivity contribution in [3.63, 3.8) is 0 Å². The molecule has 3 nitrogen and oxygen atoms in total. The first-order valence-corrected chi connectivity index (χ1v) is 10.7. The van der Waals surface area contributed by atoms with E-state index in [1.54, 1.807) is 0 Å². The number of aryl methyl sites for hydroxylation is 1. The fourth-order valence-corrected chi connectivity index (χ4v) is 3.53. The van der Waals surface area contributed by atoms with E-state index in [0.717, 1.165) is 29.8 Å². The van der Waals surface area contributed by atoms with Gasteiger partial charge >= 0.3 is 6.18 Å². The van der Waals surface area contributed by atoms with Gasteiger partial charge in [0.25, 0.3) is 0 Å². The van der Waals surface area contributed by atoms with Crippen molar-refractivity contribution in [2.75, 3.05) is 0 Å². The Hall–Kier alpha value is -2.54. The fourth-order valence-electron chi connectivity index (χ4n) is 2.72. The minimum Gasteiger partial charge on any atom is -0.439 e. The first-order valence-electron chi connectivity index (χ1n) is 9.69. The maximum absolute atomic E-state index is 12.7. The summed E-state index contributed by atoms with van der Waals surface area (Å²) in [6.07, 6.45) is -3.42. The van der Waals surface area contributed by atoms with Crippen molar-refractivity contribution >= 4 is 11.8 Å². The third-order valence-corrected chi connectivity index (χ3v) is 5.39. The van der Waals surface area contributed by atoms with Crippen LogP contribution >= 0.6 is 11.8 Å². The van der Waals surface area contributed by atoms with Crippen LogP contribution in [0, 0.1) is 0 Å². The Balaban J connectivity index is 1.77. The predicted molar refractivity (Wildman–Crippen MR) is 113 cm³/mol. The molecule has 0 N–H and O–H groups in total. The molecule has 0 radical (unpaired) electrons. The number of hydrogen-bond donors (Lipinski definition) is 0. The summed E-state index contributed by atoms with van der Waals surface area (Å²) in [4.78, 5) is 9.06. The molecule has 0 fully saturated rings. The Bertz CT molecular complexity index is 988. The van der Waals surface area contributed by atoms with Gasteiger partial charge in [0.1, 0.15) is 5.75 Å². The Morgan fingerprint density at radius 2 is 1.70 bits per heavy atom. The van der Waals surface area contributed by atoms with Crippen molar-refractivity contribution in [3.8, 4) is 11.6 Å². The van der Waals surface area contributed by atoms with Gasteiger partial charge in [0.05, 0.1) is 11.3 Å². The highest BCUT2D eigenvalue weighted by atomic mass is 32.2. The summed E-state index contributed by atoms with van der Waals surface area (Å²) < 4.78 is 44.1. The second-order valence-electron chi connectivity index (χ2n) is 7.15. The lowest BCUT2D eigenvalue weighted by Crippen LogP contribution is -2.04.